The van der Waals surface area contributed by atoms with Gasteiger partial charge in [-0.25, -0.2) is 9.18 Å². The first-order valence-corrected chi connectivity index (χ1v) is 9.20. The van der Waals surface area contributed by atoms with E-state index in [2.05, 4.69) is 5.32 Å². The van der Waals surface area contributed by atoms with Gasteiger partial charge >= 0.3 is 6.09 Å². The highest BCUT2D eigenvalue weighted by molar-refractivity contribution is 5.67. The third-order valence-corrected chi connectivity index (χ3v) is 4.42. The van der Waals surface area contributed by atoms with Gasteiger partial charge in [0.25, 0.3) is 0 Å². The minimum Gasteiger partial charge on any atom is -0.483 e. The number of fused-ring (bicyclic) bond motifs is 1. The van der Waals surface area contributed by atoms with E-state index < -0.39 is 36.3 Å². The number of ether oxygens (including phenoxy) is 3. The number of carbonyl (C=O) groups excluding carboxylic acids is 1. The van der Waals surface area contributed by atoms with Crippen molar-refractivity contribution in [1.82, 2.24) is 5.32 Å². The van der Waals surface area contributed by atoms with Crippen molar-refractivity contribution in [2.24, 2.45) is 0 Å². The van der Waals surface area contributed by atoms with Crippen LogP contribution in [0.15, 0.2) is 42.5 Å². The molecule has 3 N–H and O–H groups in total. The van der Waals surface area contributed by atoms with Crippen LogP contribution in [0.1, 0.15) is 31.1 Å². The average molecular weight is 405 g/mol. The normalized spacial score (nSPS) is 16.6. The zero-order valence-electron chi connectivity index (χ0n) is 16.2. The van der Waals surface area contributed by atoms with Crippen LogP contribution in [0.25, 0.3) is 0 Å². The van der Waals surface area contributed by atoms with Gasteiger partial charge in [0.05, 0.1) is 12.6 Å². The molecule has 0 radical (unpaired) electrons. The van der Waals surface area contributed by atoms with E-state index in [4.69, 9.17) is 14.2 Å². The molecule has 0 aromatic heterocycles. The van der Waals surface area contributed by atoms with Crippen LogP contribution in [-0.2, 0) is 11.3 Å². The fourth-order valence-electron chi connectivity index (χ4n) is 2.92. The van der Waals surface area contributed by atoms with Crippen LogP contribution in [0, 0.1) is 5.82 Å². The maximum Gasteiger partial charge on any atom is 0.407 e. The molecule has 1 aliphatic heterocycles. The Hall–Kier alpha value is -2.84. The van der Waals surface area contributed by atoms with Gasteiger partial charge in [-0.2, -0.15) is 0 Å². The van der Waals surface area contributed by atoms with Crippen molar-refractivity contribution in [2.75, 3.05) is 13.2 Å². The van der Waals surface area contributed by atoms with Crippen LogP contribution >= 0.6 is 0 Å². The summed E-state index contributed by atoms with van der Waals surface area (Å²) in [5.74, 6) is -0.579. The Morgan fingerprint density at radius 3 is 2.72 bits per heavy atom. The SMILES string of the molecule is CC1(C)COc2c(F)cc([C@@H](O)[C@@H](CO)NC(=O)OCc3ccccc3)cc2O1. The summed E-state index contributed by atoms with van der Waals surface area (Å²) >= 11 is 0. The second kappa shape index (κ2) is 8.67. The molecule has 0 saturated carbocycles. The summed E-state index contributed by atoms with van der Waals surface area (Å²) in [5, 5.41) is 22.6. The summed E-state index contributed by atoms with van der Waals surface area (Å²) in [6.07, 6.45) is -2.20. The van der Waals surface area contributed by atoms with E-state index in [0.29, 0.717) is 0 Å². The Balaban J connectivity index is 1.68. The van der Waals surface area contributed by atoms with Crippen molar-refractivity contribution >= 4 is 6.09 Å². The Labute approximate surface area is 168 Å². The molecule has 1 amide bonds. The highest BCUT2D eigenvalue weighted by Gasteiger charge is 2.32. The number of nitrogens with one attached hydrogen (secondary N) is 1. The van der Waals surface area contributed by atoms with Crippen LogP contribution < -0.4 is 14.8 Å². The Morgan fingerprint density at radius 2 is 2.03 bits per heavy atom. The quantitative estimate of drug-likeness (QED) is 0.684. The minimum absolute atomic E-state index is 0.0314. The first-order valence-electron chi connectivity index (χ1n) is 9.20. The second-order valence-corrected chi connectivity index (χ2v) is 7.42. The zero-order chi connectivity index (χ0) is 21.0. The largest absolute Gasteiger partial charge is 0.483 e. The van der Waals surface area contributed by atoms with Crippen molar-refractivity contribution in [3.05, 3.63) is 59.4 Å². The number of benzene rings is 2. The number of amides is 1. The topological polar surface area (TPSA) is 97.2 Å². The zero-order valence-corrected chi connectivity index (χ0v) is 16.2. The van der Waals surface area contributed by atoms with Crippen LogP contribution in [0.2, 0.25) is 0 Å². The smallest absolute Gasteiger partial charge is 0.407 e. The third kappa shape index (κ3) is 5.16. The lowest BCUT2D eigenvalue weighted by atomic mass is 10.0. The fraction of sp³-hybridized carbons (Fsp3) is 0.381. The first-order chi connectivity index (χ1) is 13.8. The van der Waals surface area contributed by atoms with E-state index in [1.54, 1.807) is 26.0 Å². The molecule has 0 unspecified atom stereocenters. The van der Waals surface area contributed by atoms with E-state index in [9.17, 15) is 19.4 Å². The highest BCUT2D eigenvalue weighted by Crippen LogP contribution is 2.39. The van der Waals surface area contributed by atoms with Gasteiger partial charge in [0, 0.05) is 0 Å². The van der Waals surface area contributed by atoms with E-state index in [0.717, 1.165) is 11.6 Å². The molecule has 8 heteroatoms. The second-order valence-electron chi connectivity index (χ2n) is 7.42. The molecule has 3 rings (SSSR count). The van der Waals surface area contributed by atoms with Crippen molar-refractivity contribution in [3.8, 4) is 11.5 Å². The molecule has 7 nitrogen and oxygen atoms in total. The third-order valence-electron chi connectivity index (χ3n) is 4.42. The van der Waals surface area contributed by atoms with E-state index in [1.165, 1.54) is 6.07 Å². The number of carbonyl (C=O) groups is 1. The van der Waals surface area contributed by atoms with Gasteiger partial charge in [0.2, 0.25) is 0 Å². The molecule has 1 aliphatic rings. The fourth-order valence-corrected chi connectivity index (χ4v) is 2.92. The Morgan fingerprint density at radius 1 is 1.31 bits per heavy atom. The molecule has 0 spiro atoms. The van der Waals surface area contributed by atoms with E-state index in [1.807, 2.05) is 18.2 Å². The summed E-state index contributed by atoms with van der Waals surface area (Å²) < 4.78 is 30.6. The van der Waals surface area contributed by atoms with E-state index >= 15 is 0 Å². The summed E-state index contributed by atoms with van der Waals surface area (Å²) in [4.78, 5) is 12.0. The summed E-state index contributed by atoms with van der Waals surface area (Å²) in [6, 6.07) is 10.5. The number of halogens is 1. The molecule has 0 saturated heterocycles. The number of alkyl carbamates (subject to hydrolysis) is 1. The van der Waals surface area contributed by atoms with Crippen molar-refractivity contribution in [3.63, 3.8) is 0 Å². The number of hydrogen-bond donors (Lipinski definition) is 3. The minimum atomic E-state index is -1.39. The predicted octanol–water partition coefficient (Wildman–Crippen LogP) is 2.70. The maximum absolute atomic E-state index is 14.4. The van der Waals surface area contributed by atoms with Crippen molar-refractivity contribution in [1.29, 1.82) is 0 Å². The molecule has 0 aliphatic carbocycles. The van der Waals surface area contributed by atoms with Crippen LogP contribution in [0.5, 0.6) is 11.5 Å². The lowest BCUT2D eigenvalue weighted by Gasteiger charge is -2.33. The van der Waals surface area contributed by atoms with Crippen molar-refractivity contribution < 1.29 is 33.6 Å². The number of aliphatic hydroxyl groups excluding tert-OH is 2. The van der Waals surface area contributed by atoms with Gasteiger partial charge in [-0.3, -0.25) is 0 Å². The van der Waals surface area contributed by atoms with Crippen molar-refractivity contribution in [2.45, 2.75) is 38.2 Å². The molecule has 1 heterocycles. The molecule has 2 aromatic rings. The van der Waals surface area contributed by atoms with Gasteiger partial charge in [-0.05, 0) is 37.1 Å². The monoisotopic (exact) mass is 405 g/mol. The van der Waals surface area contributed by atoms with Gasteiger partial charge in [0.1, 0.15) is 24.9 Å². The predicted molar refractivity (Wildman–Crippen MR) is 102 cm³/mol. The van der Waals surface area contributed by atoms with Gasteiger partial charge < -0.3 is 29.7 Å². The summed E-state index contributed by atoms with van der Waals surface area (Å²) in [6.45, 7) is 3.22. The number of aliphatic hydroxyl groups is 2. The highest BCUT2D eigenvalue weighted by atomic mass is 19.1. The molecule has 2 atom stereocenters. The standard InChI is InChI=1S/C21H24FNO6/c1-21(2)12-28-19-15(22)8-14(9-17(19)29-21)18(25)16(10-24)23-20(26)27-11-13-6-4-3-5-7-13/h3-9,16,18,24-25H,10-12H2,1-2H3,(H,23,26)/t16-,18-/m1/s1. The lowest BCUT2D eigenvalue weighted by Crippen LogP contribution is -2.42. The molecule has 0 fully saturated rings. The lowest BCUT2D eigenvalue weighted by molar-refractivity contribution is 0.0176. The molecule has 156 valence electrons. The molecular weight excluding hydrogens is 381 g/mol. The molecule has 0 bridgehead atoms. The van der Waals surface area contributed by atoms with E-state index in [-0.39, 0.29) is 30.3 Å². The van der Waals surface area contributed by atoms with Crippen LogP contribution in [-0.4, -0.2) is 41.2 Å². The first kappa shape index (κ1) is 20.9. The Kier molecular flexibility index (Phi) is 6.24. The Bertz CT molecular complexity index is 858. The van der Waals surface area contributed by atoms with Gasteiger partial charge in [-0.1, -0.05) is 30.3 Å². The summed E-state index contributed by atoms with van der Waals surface area (Å²) in [5.41, 5.74) is 0.268. The molecule has 2 aromatic carbocycles. The maximum atomic E-state index is 14.4. The van der Waals surface area contributed by atoms with Gasteiger partial charge in [-0.15, -0.1) is 0 Å². The van der Waals surface area contributed by atoms with Gasteiger partial charge in [0.15, 0.2) is 17.3 Å². The molecule has 29 heavy (non-hydrogen) atoms. The number of rotatable bonds is 6. The molecular formula is C21H24FNO6. The average Bonchev–Trinajstić information content (AvgIpc) is 2.69. The summed E-state index contributed by atoms with van der Waals surface area (Å²) in [7, 11) is 0. The van der Waals surface area contributed by atoms with Crippen LogP contribution in [0.4, 0.5) is 9.18 Å². The number of hydrogen-bond acceptors (Lipinski definition) is 6. The van der Waals surface area contributed by atoms with Crippen LogP contribution in [0.3, 0.4) is 0 Å².